The molecular formula is C33H47N3O5. The predicted molar refractivity (Wildman–Crippen MR) is 160 cm³/mol. The monoisotopic (exact) mass is 565 g/mol. The van der Waals surface area contributed by atoms with Gasteiger partial charge in [-0.15, -0.1) is 0 Å². The quantitative estimate of drug-likeness (QED) is 0.422. The predicted octanol–water partition coefficient (Wildman–Crippen LogP) is 4.09. The topological polar surface area (TPSA) is 94.5 Å². The summed E-state index contributed by atoms with van der Waals surface area (Å²) < 4.78 is 5.94. The van der Waals surface area contributed by atoms with Crippen molar-refractivity contribution in [2.45, 2.75) is 71.4 Å². The zero-order valence-electron chi connectivity index (χ0n) is 25.5. The highest BCUT2D eigenvalue weighted by Crippen LogP contribution is 2.61. The van der Waals surface area contributed by atoms with Crippen molar-refractivity contribution in [3.05, 3.63) is 48.0 Å². The van der Waals surface area contributed by atoms with Gasteiger partial charge in [0.1, 0.15) is 17.9 Å². The molecule has 3 N–H and O–H groups in total. The lowest BCUT2D eigenvalue weighted by molar-refractivity contribution is -0.183. The van der Waals surface area contributed by atoms with E-state index >= 15 is 0 Å². The fourth-order valence-electron chi connectivity index (χ4n) is 7.78. The standard InChI is InChI=1S/C33H47N3O5/c1-19-26-15-23(33(26,3)4)16-27(19)34-32(39)30-29(20(2)38)28(18-37)41-36(30)17-22-11-9-13-25(31(22)40-7)21-10-8-12-24(14-21)35(5)6/h8-14,19-20,23,26-30,37-38H,15-18H2,1-7H3,(H,34,39)/t19-,20-,23+,26+,27-,28-,29+,30-/m0/s1. The molecule has 8 nitrogen and oxygen atoms in total. The summed E-state index contributed by atoms with van der Waals surface area (Å²) in [6, 6.07) is 13.6. The summed E-state index contributed by atoms with van der Waals surface area (Å²) in [7, 11) is 5.67. The van der Waals surface area contributed by atoms with Gasteiger partial charge in [-0.2, -0.15) is 5.06 Å². The van der Waals surface area contributed by atoms with Crippen LogP contribution in [0.1, 0.15) is 46.1 Å². The maximum absolute atomic E-state index is 14.0. The van der Waals surface area contributed by atoms with Gasteiger partial charge in [-0.1, -0.05) is 51.1 Å². The van der Waals surface area contributed by atoms with Gasteiger partial charge in [0.2, 0.25) is 5.91 Å². The SMILES string of the molecule is COc1c(CN2O[C@@H](CO)[C@@H]([C@H](C)O)[C@H]2C(=O)N[C@H]2C[C@H]3C[C@H]([C@@H]2C)C3(C)C)cccc1-c1cccc(N(C)C)c1. The molecule has 1 aliphatic heterocycles. The highest BCUT2D eigenvalue weighted by atomic mass is 16.7. The largest absolute Gasteiger partial charge is 0.496 e. The molecule has 1 heterocycles. The smallest absolute Gasteiger partial charge is 0.240 e. The van der Waals surface area contributed by atoms with E-state index in [1.54, 1.807) is 19.1 Å². The molecule has 0 spiro atoms. The number of amides is 1. The molecular weight excluding hydrogens is 518 g/mol. The van der Waals surface area contributed by atoms with Crippen molar-refractivity contribution in [2.75, 3.05) is 32.7 Å². The van der Waals surface area contributed by atoms with Gasteiger partial charge in [0.15, 0.2) is 0 Å². The highest BCUT2D eigenvalue weighted by molar-refractivity contribution is 5.83. The molecule has 2 aromatic rings. The minimum atomic E-state index is -0.842. The second-order valence-corrected chi connectivity index (χ2v) is 13.2. The second-order valence-electron chi connectivity index (χ2n) is 13.2. The van der Waals surface area contributed by atoms with Crippen LogP contribution in [0.5, 0.6) is 5.75 Å². The number of fused-ring (bicyclic) bond motifs is 2. The molecule has 1 saturated heterocycles. The van der Waals surface area contributed by atoms with Crippen LogP contribution in [0.2, 0.25) is 0 Å². The number of hydroxylamine groups is 2. The lowest BCUT2D eigenvalue weighted by atomic mass is 9.45. The number of hydrogen-bond donors (Lipinski definition) is 3. The number of hydrogen-bond acceptors (Lipinski definition) is 7. The third-order valence-electron chi connectivity index (χ3n) is 10.4. The summed E-state index contributed by atoms with van der Waals surface area (Å²) in [4.78, 5) is 22.3. The highest BCUT2D eigenvalue weighted by Gasteiger charge is 2.57. The van der Waals surface area contributed by atoms with Crippen molar-refractivity contribution in [1.29, 1.82) is 0 Å². The van der Waals surface area contributed by atoms with E-state index in [-0.39, 0.29) is 25.1 Å². The average Bonchev–Trinajstić information content (AvgIpc) is 3.32. The number of nitrogens with zero attached hydrogens (tertiary/aromatic N) is 2. The van der Waals surface area contributed by atoms with Gasteiger partial charge < -0.3 is 25.2 Å². The van der Waals surface area contributed by atoms with Crippen LogP contribution in [-0.4, -0.2) is 73.3 Å². The fraction of sp³-hybridized carbons (Fsp3) is 0.606. The summed E-state index contributed by atoms with van der Waals surface area (Å²) in [6.45, 7) is 8.59. The van der Waals surface area contributed by atoms with E-state index in [0.717, 1.165) is 28.8 Å². The molecule has 2 bridgehead atoms. The van der Waals surface area contributed by atoms with Gasteiger partial charge in [-0.05, 0) is 60.6 Å². The number of benzene rings is 2. The van der Waals surface area contributed by atoms with Crippen LogP contribution in [0.4, 0.5) is 5.69 Å². The fourth-order valence-corrected chi connectivity index (χ4v) is 7.78. The molecule has 8 atom stereocenters. The number of methoxy groups -OCH3 is 1. The van der Waals surface area contributed by atoms with Crippen molar-refractivity contribution in [3.8, 4) is 16.9 Å². The van der Waals surface area contributed by atoms with Crippen molar-refractivity contribution in [3.63, 3.8) is 0 Å². The lowest BCUT2D eigenvalue weighted by Gasteiger charge is -2.62. The number of carbonyl (C=O) groups is 1. The van der Waals surface area contributed by atoms with E-state index in [1.165, 1.54) is 6.42 Å². The van der Waals surface area contributed by atoms with Crippen molar-refractivity contribution in [2.24, 2.45) is 29.1 Å². The van der Waals surface area contributed by atoms with E-state index < -0.39 is 24.2 Å². The van der Waals surface area contributed by atoms with E-state index in [1.807, 2.05) is 38.4 Å². The Morgan fingerprint density at radius 2 is 1.95 bits per heavy atom. The summed E-state index contributed by atoms with van der Waals surface area (Å²) in [5.74, 6) is 1.56. The van der Waals surface area contributed by atoms with E-state index in [9.17, 15) is 15.0 Å². The summed E-state index contributed by atoms with van der Waals surface area (Å²) >= 11 is 0. The third-order valence-corrected chi connectivity index (χ3v) is 10.4. The number of aliphatic hydroxyl groups is 2. The van der Waals surface area contributed by atoms with Crippen molar-refractivity contribution < 1.29 is 24.6 Å². The Morgan fingerprint density at radius 3 is 2.56 bits per heavy atom. The molecule has 3 saturated carbocycles. The average molecular weight is 566 g/mol. The molecule has 0 radical (unpaired) electrons. The summed E-state index contributed by atoms with van der Waals surface area (Å²) in [5.41, 5.74) is 4.22. The zero-order chi connectivity index (χ0) is 29.6. The van der Waals surface area contributed by atoms with E-state index in [2.05, 4.69) is 49.2 Å². The Hall–Kier alpha value is -2.65. The van der Waals surface area contributed by atoms with Gasteiger partial charge in [-0.3, -0.25) is 9.63 Å². The molecule has 1 amide bonds. The third kappa shape index (κ3) is 5.36. The molecule has 0 unspecified atom stereocenters. The Bertz CT molecular complexity index is 1250. The molecule has 8 heteroatoms. The number of rotatable bonds is 9. The molecule has 0 aromatic heterocycles. The van der Waals surface area contributed by atoms with Gasteiger partial charge >= 0.3 is 0 Å². The summed E-state index contributed by atoms with van der Waals surface area (Å²) in [6.07, 6.45) is 0.670. The maximum Gasteiger partial charge on any atom is 0.240 e. The molecule has 224 valence electrons. The number of carbonyl (C=O) groups excluding carboxylic acids is 1. The van der Waals surface area contributed by atoms with Gasteiger partial charge in [0.05, 0.1) is 26.4 Å². The van der Waals surface area contributed by atoms with Gasteiger partial charge in [-0.25, -0.2) is 0 Å². The summed E-state index contributed by atoms with van der Waals surface area (Å²) in [5, 5.41) is 25.9. The van der Waals surface area contributed by atoms with Crippen LogP contribution >= 0.6 is 0 Å². The number of aliphatic hydroxyl groups excluding tert-OH is 2. The molecule has 4 fully saturated rings. The van der Waals surface area contributed by atoms with E-state index in [0.29, 0.717) is 28.9 Å². The maximum atomic E-state index is 14.0. The molecule has 2 aromatic carbocycles. The normalized spacial score (nSPS) is 31.3. The van der Waals surface area contributed by atoms with Gasteiger partial charge in [0.25, 0.3) is 0 Å². The number of nitrogens with one attached hydrogen (secondary N) is 1. The van der Waals surface area contributed by atoms with Crippen LogP contribution in [0.3, 0.4) is 0 Å². The number of anilines is 1. The molecule has 41 heavy (non-hydrogen) atoms. The Balaban J connectivity index is 1.43. The van der Waals surface area contributed by atoms with Crippen LogP contribution in [0.25, 0.3) is 11.1 Å². The Kier molecular flexibility index (Phi) is 8.41. The minimum absolute atomic E-state index is 0.0887. The van der Waals surface area contributed by atoms with Crippen LogP contribution in [0.15, 0.2) is 42.5 Å². The van der Waals surface area contributed by atoms with Crippen LogP contribution < -0.4 is 15.0 Å². The first-order chi connectivity index (χ1) is 19.5. The Labute approximate surface area is 244 Å². The molecule has 3 aliphatic carbocycles. The van der Waals surface area contributed by atoms with Crippen LogP contribution in [0, 0.1) is 29.1 Å². The van der Waals surface area contributed by atoms with Gasteiger partial charge in [0, 0.05) is 42.9 Å². The zero-order valence-corrected chi connectivity index (χ0v) is 25.5. The number of ether oxygens (including phenoxy) is 1. The first kappa shape index (κ1) is 29.8. The van der Waals surface area contributed by atoms with Crippen LogP contribution in [-0.2, 0) is 16.2 Å². The second kappa shape index (κ2) is 11.6. The molecule has 4 aliphatic rings. The lowest BCUT2D eigenvalue weighted by Crippen LogP contribution is -2.62. The first-order valence-corrected chi connectivity index (χ1v) is 14.9. The van der Waals surface area contributed by atoms with Crippen molar-refractivity contribution >= 4 is 11.6 Å². The molecule has 6 rings (SSSR count). The van der Waals surface area contributed by atoms with Crippen molar-refractivity contribution in [1.82, 2.24) is 10.4 Å². The number of para-hydroxylation sites is 1. The minimum Gasteiger partial charge on any atom is -0.496 e. The Morgan fingerprint density at radius 1 is 1.22 bits per heavy atom. The van der Waals surface area contributed by atoms with E-state index in [4.69, 9.17) is 9.57 Å². The first-order valence-electron chi connectivity index (χ1n) is 14.9.